The van der Waals surface area contributed by atoms with Gasteiger partial charge in [0.2, 0.25) is 0 Å². The molecule has 1 aromatic rings. The summed E-state index contributed by atoms with van der Waals surface area (Å²) in [5.41, 5.74) is 2.58. The molecule has 1 saturated carbocycles. The van der Waals surface area contributed by atoms with Crippen molar-refractivity contribution < 1.29 is 0 Å². The van der Waals surface area contributed by atoms with Gasteiger partial charge < -0.3 is 15.5 Å². The van der Waals surface area contributed by atoms with Gasteiger partial charge in [-0.25, -0.2) is 0 Å². The molecule has 0 aromatic heterocycles. The van der Waals surface area contributed by atoms with Crippen LogP contribution in [0.3, 0.4) is 0 Å². The van der Waals surface area contributed by atoms with Crippen LogP contribution in [0.2, 0.25) is 0 Å². The van der Waals surface area contributed by atoms with E-state index in [0.29, 0.717) is 6.04 Å². The van der Waals surface area contributed by atoms with E-state index in [1.54, 1.807) is 0 Å². The van der Waals surface area contributed by atoms with Gasteiger partial charge >= 0.3 is 0 Å². The Kier molecular flexibility index (Phi) is 7.30. The van der Waals surface area contributed by atoms with Crippen molar-refractivity contribution in [1.29, 1.82) is 0 Å². The molecule has 3 rings (SSSR count). The smallest absolute Gasteiger partial charge is 0.191 e. The Balaban J connectivity index is 1.46. The van der Waals surface area contributed by atoms with Crippen LogP contribution in [0.5, 0.6) is 0 Å². The lowest BCUT2D eigenvalue weighted by atomic mass is 9.95. The maximum atomic E-state index is 4.42. The molecule has 5 heteroatoms. The number of guanidine groups is 1. The molecule has 0 saturated heterocycles. The van der Waals surface area contributed by atoms with Crippen molar-refractivity contribution in [2.75, 3.05) is 30.8 Å². The van der Waals surface area contributed by atoms with Crippen molar-refractivity contribution in [2.45, 2.75) is 50.4 Å². The van der Waals surface area contributed by atoms with Gasteiger partial charge in [0.1, 0.15) is 0 Å². The molecule has 142 valence electrons. The molecule has 1 aromatic carbocycles. The Morgan fingerprint density at radius 1 is 1.19 bits per heavy atom. The lowest BCUT2D eigenvalue weighted by Gasteiger charge is -2.30. The maximum Gasteiger partial charge on any atom is 0.191 e. The fourth-order valence-electron chi connectivity index (χ4n) is 3.75. The van der Waals surface area contributed by atoms with Gasteiger partial charge in [-0.2, -0.15) is 11.8 Å². The summed E-state index contributed by atoms with van der Waals surface area (Å²) in [4.78, 5) is 6.79. The monoisotopic (exact) mass is 372 g/mol. The third kappa shape index (κ3) is 5.44. The van der Waals surface area contributed by atoms with Crippen LogP contribution in [-0.2, 0) is 6.54 Å². The van der Waals surface area contributed by atoms with Gasteiger partial charge in [-0.3, -0.25) is 4.99 Å². The second-order valence-electron chi connectivity index (χ2n) is 7.05. The van der Waals surface area contributed by atoms with Crippen LogP contribution in [0.4, 0.5) is 5.69 Å². The molecule has 2 aliphatic rings. The van der Waals surface area contributed by atoms with Crippen molar-refractivity contribution >= 4 is 23.4 Å². The second-order valence-corrected chi connectivity index (χ2v) is 8.63. The van der Waals surface area contributed by atoms with Crippen LogP contribution in [0.15, 0.2) is 41.4 Å². The molecule has 0 amide bonds. The molecule has 0 bridgehead atoms. The number of benzene rings is 1. The predicted molar refractivity (Wildman–Crippen MR) is 115 cm³/mol. The fourth-order valence-corrected chi connectivity index (χ4v) is 4.92. The minimum absolute atomic E-state index is 0.545. The number of nitrogens with zero attached hydrogens (tertiary/aromatic N) is 2. The normalized spacial score (nSPS) is 23.3. The molecular weight excluding hydrogens is 340 g/mol. The van der Waals surface area contributed by atoms with E-state index < -0.39 is 0 Å². The van der Waals surface area contributed by atoms with Crippen LogP contribution >= 0.6 is 11.8 Å². The number of rotatable bonds is 6. The second kappa shape index (κ2) is 9.91. The summed E-state index contributed by atoms with van der Waals surface area (Å²) in [6.45, 7) is 5.10. The number of hydrogen-bond donors (Lipinski definition) is 2. The highest BCUT2D eigenvalue weighted by molar-refractivity contribution is 7.99. The highest BCUT2D eigenvalue weighted by Crippen LogP contribution is 2.28. The number of aliphatic imine (C=N–C) groups is 1. The molecule has 1 fully saturated rings. The summed E-state index contributed by atoms with van der Waals surface area (Å²) in [6, 6.07) is 9.40. The summed E-state index contributed by atoms with van der Waals surface area (Å²) < 4.78 is 0. The first kappa shape index (κ1) is 19.2. The fraction of sp³-hybridized carbons (Fsp3) is 0.571. The van der Waals surface area contributed by atoms with E-state index >= 15 is 0 Å². The zero-order valence-electron chi connectivity index (χ0n) is 16.1. The van der Waals surface area contributed by atoms with Gasteiger partial charge in [-0.15, -0.1) is 0 Å². The van der Waals surface area contributed by atoms with E-state index in [1.165, 1.54) is 42.7 Å². The standard InChI is InChI=1S/C21H32N4S/c1-3-26-20-8-6-7-18(15-20)24-21(22-2)23-16-17-9-11-19(12-10-17)25-13-4-5-14-25/h4-5,9-12,18,20H,3,6-8,13-16H2,1-2H3,(H2,22,23,24). The number of nitrogens with one attached hydrogen (secondary N) is 2. The molecule has 26 heavy (non-hydrogen) atoms. The van der Waals surface area contributed by atoms with E-state index in [1.807, 2.05) is 7.05 Å². The van der Waals surface area contributed by atoms with Gasteiger partial charge in [0.15, 0.2) is 5.96 Å². The van der Waals surface area contributed by atoms with Crippen molar-refractivity contribution in [3.05, 3.63) is 42.0 Å². The molecule has 1 aliphatic carbocycles. The Morgan fingerprint density at radius 3 is 2.65 bits per heavy atom. The highest BCUT2D eigenvalue weighted by atomic mass is 32.2. The summed E-state index contributed by atoms with van der Waals surface area (Å²) in [7, 11) is 1.86. The van der Waals surface area contributed by atoms with E-state index in [-0.39, 0.29) is 0 Å². The zero-order valence-corrected chi connectivity index (χ0v) is 16.9. The molecular formula is C21H32N4S. The van der Waals surface area contributed by atoms with Crippen molar-refractivity contribution in [1.82, 2.24) is 10.6 Å². The van der Waals surface area contributed by atoms with Gasteiger partial charge in [0, 0.05) is 43.7 Å². The number of anilines is 1. The Bertz CT molecular complexity index is 601. The van der Waals surface area contributed by atoms with Crippen LogP contribution in [0.1, 0.15) is 38.2 Å². The average molecular weight is 373 g/mol. The topological polar surface area (TPSA) is 39.7 Å². The molecule has 1 heterocycles. The van der Waals surface area contributed by atoms with E-state index in [0.717, 1.165) is 30.8 Å². The summed E-state index contributed by atoms with van der Waals surface area (Å²) in [5.74, 6) is 2.14. The largest absolute Gasteiger partial charge is 0.364 e. The van der Waals surface area contributed by atoms with Crippen LogP contribution in [0.25, 0.3) is 0 Å². The Hall–Kier alpha value is -1.62. The van der Waals surface area contributed by atoms with Crippen molar-refractivity contribution in [3.63, 3.8) is 0 Å². The minimum Gasteiger partial charge on any atom is -0.364 e. The maximum absolute atomic E-state index is 4.42. The minimum atomic E-state index is 0.545. The molecule has 2 unspecified atom stereocenters. The lowest BCUT2D eigenvalue weighted by Crippen LogP contribution is -2.45. The molecule has 0 spiro atoms. The van der Waals surface area contributed by atoms with Crippen LogP contribution in [0, 0.1) is 0 Å². The molecule has 4 nitrogen and oxygen atoms in total. The zero-order chi connectivity index (χ0) is 18.2. The van der Waals surface area contributed by atoms with Crippen molar-refractivity contribution in [3.8, 4) is 0 Å². The summed E-state index contributed by atoms with van der Waals surface area (Å²) in [5, 5.41) is 7.91. The molecule has 0 radical (unpaired) electrons. The third-order valence-electron chi connectivity index (χ3n) is 5.17. The van der Waals surface area contributed by atoms with E-state index in [4.69, 9.17) is 0 Å². The van der Waals surface area contributed by atoms with E-state index in [2.05, 4.69) is 75.6 Å². The van der Waals surface area contributed by atoms with Gasteiger partial charge in [-0.05, 0) is 42.7 Å². The summed E-state index contributed by atoms with van der Waals surface area (Å²) in [6.07, 6.45) is 9.62. The van der Waals surface area contributed by atoms with Crippen LogP contribution in [-0.4, -0.2) is 43.1 Å². The van der Waals surface area contributed by atoms with Crippen molar-refractivity contribution in [2.24, 2.45) is 4.99 Å². The first-order valence-corrected chi connectivity index (χ1v) is 10.9. The third-order valence-corrected chi connectivity index (χ3v) is 6.41. The lowest BCUT2D eigenvalue weighted by molar-refractivity contribution is 0.419. The Morgan fingerprint density at radius 2 is 1.96 bits per heavy atom. The van der Waals surface area contributed by atoms with Crippen LogP contribution < -0.4 is 15.5 Å². The SMILES string of the molecule is CCSC1CCCC(NC(=NC)NCc2ccc(N3CC=CC3)cc2)C1. The first-order valence-electron chi connectivity index (χ1n) is 9.86. The molecule has 2 atom stereocenters. The van der Waals surface area contributed by atoms with E-state index in [9.17, 15) is 0 Å². The molecule has 2 N–H and O–H groups in total. The number of thioether (sulfide) groups is 1. The highest BCUT2D eigenvalue weighted by Gasteiger charge is 2.22. The first-order chi connectivity index (χ1) is 12.8. The van der Waals surface area contributed by atoms with Gasteiger partial charge in [-0.1, -0.05) is 37.6 Å². The predicted octanol–water partition coefficient (Wildman–Crippen LogP) is 3.79. The average Bonchev–Trinajstić information content (AvgIpc) is 3.21. The Labute approximate surface area is 162 Å². The van der Waals surface area contributed by atoms with Gasteiger partial charge in [0.05, 0.1) is 0 Å². The number of hydrogen-bond acceptors (Lipinski definition) is 3. The molecule has 1 aliphatic heterocycles. The quantitative estimate of drug-likeness (QED) is 0.453. The summed E-state index contributed by atoms with van der Waals surface area (Å²) >= 11 is 2.10. The van der Waals surface area contributed by atoms with Gasteiger partial charge in [0.25, 0.3) is 0 Å².